The second-order valence-electron chi connectivity index (χ2n) is 7.16. The quantitative estimate of drug-likeness (QED) is 0.358. The number of amides is 1. The molecule has 0 saturated heterocycles. The predicted molar refractivity (Wildman–Crippen MR) is 128 cm³/mol. The van der Waals surface area contributed by atoms with E-state index in [1.165, 1.54) is 0 Å². The molecule has 1 heterocycles. The molecule has 7 nitrogen and oxygen atoms in total. The molecule has 32 heavy (non-hydrogen) atoms. The normalized spacial score (nSPS) is 15.9. The summed E-state index contributed by atoms with van der Waals surface area (Å²) in [5.74, 6) is -0.724. The fraction of sp³-hybridized carbons (Fsp3) is 0.261. The van der Waals surface area contributed by atoms with Crippen LogP contribution in [0.1, 0.15) is 28.9 Å². The standard InChI is InChI=1S/C23H24ClN3O4S/c1-14-19(22(29)31-12-11-30-3)20(26-23(32)27(14)2)16-5-4-6-18(13-16)25-21(28)15-7-9-17(24)10-8-15/h4-10,13,20H,11-12H2,1-3H3,(H,25,28)(H,26,32). The molecular weight excluding hydrogens is 450 g/mol. The number of hydrogen-bond acceptors (Lipinski definition) is 5. The van der Waals surface area contributed by atoms with E-state index >= 15 is 0 Å². The van der Waals surface area contributed by atoms with Crippen molar-refractivity contribution in [3.05, 3.63) is 76.0 Å². The number of carbonyl (C=O) groups is 2. The Balaban J connectivity index is 1.87. The van der Waals surface area contributed by atoms with Gasteiger partial charge in [0.15, 0.2) is 5.11 Å². The van der Waals surface area contributed by atoms with Crippen LogP contribution in [-0.4, -0.2) is 49.3 Å². The van der Waals surface area contributed by atoms with Crippen molar-refractivity contribution in [2.24, 2.45) is 0 Å². The first-order chi connectivity index (χ1) is 15.3. The van der Waals surface area contributed by atoms with Crippen molar-refractivity contribution < 1.29 is 19.1 Å². The van der Waals surface area contributed by atoms with Gasteiger partial charge in [-0.15, -0.1) is 0 Å². The van der Waals surface area contributed by atoms with Crippen molar-refractivity contribution in [2.75, 3.05) is 32.7 Å². The average molecular weight is 474 g/mol. The van der Waals surface area contributed by atoms with E-state index in [0.717, 1.165) is 5.56 Å². The van der Waals surface area contributed by atoms with Crippen LogP contribution in [0.2, 0.25) is 5.02 Å². The van der Waals surface area contributed by atoms with E-state index in [9.17, 15) is 9.59 Å². The van der Waals surface area contributed by atoms with Crippen LogP contribution in [0.3, 0.4) is 0 Å². The van der Waals surface area contributed by atoms with Gasteiger partial charge in [-0.25, -0.2) is 4.79 Å². The van der Waals surface area contributed by atoms with Gasteiger partial charge >= 0.3 is 5.97 Å². The average Bonchev–Trinajstić information content (AvgIpc) is 2.78. The highest BCUT2D eigenvalue weighted by Crippen LogP contribution is 2.32. The third kappa shape index (κ3) is 5.45. The largest absolute Gasteiger partial charge is 0.460 e. The second-order valence-corrected chi connectivity index (χ2v) is 7.98. The number of allylic oxidation sites excluding steroid dienone is 1. The summed E-state index contributed by atoms with van der Waals surface area (Å²) in [5, 5.41) is 7.10. The van der Waals surface area contributed by atoms with E-state index < -0.39 is 12.0 Å². The Morgan fingerprint density at radius 2 is 1.91 bits per heavy atom. The Kier molecular flexibility index (Phi) is 7.84. The number of methoxy groups -OCH3 is 1. The van der Waals surface area contributed by atoms with Crippen LogP contribution < -0.4 is 10.6 Å². The smallest absolute Gasteiger partial charge is 0.338 e. The zero-order valence-electron chi connectivity index (χ0n) is 18.0. The van der Waals surface area contributed by atoms with Crippen LogP contribution >= 0.6 is 23.8 Å². The molecule has 1 aliphatic heterocycles. The molecule has 1 atom stereocenters. The van der Waals surface area contributed by atoms with Crippen molar-refractivity contribution in [3.63, 3.8) is 0 Å². The Morgan fingerprint density at radius 3 is 2.59 bits per heavy atom. The fourth-order valence-corrected chi connectivity index (χ4v) is 3.63. The number of halogens is 1. The number of benzene rings is 2. The van der Waals surface area contributed by atoms with E-state index in [1.54, 1.807) is 61.5 Å². The summed E-state index contributed by atoms with van der Waals surface area (Å²) in [5.41, 5.74) is 2.96. The molecule has 1 unspecified atom stereocenters. The molecule has 3 rings (SSSR count). The van der Waals surface area contributed by atoms with Crippen LogP contribution in [0, 0.1) is 0 Å². The summed E-state index contributed by atoms with van der Waals surface area (Å²) < 4.78 is 10.3. The van der Waals surface area contributed by atoms with Gasteiger partial charge in [-0.2, -0.15) is 0 Å². The maximum Gasteiger partial charge on any atom is 0.338 e. The predicted octanol–water partition coefficient (Wildman–Crippen LogP) is 3.92. The summed E-state index contributed by atoms with van der Waals surface area (Å²) in [6.07, 6.45) is 0. The molecule has 0 radical (unpaired) electrons. The molecule has 2 aromatic rings. The van der Waals surface area contributed by atoms with Gasteiger partial charge in [0.25, 0.3) is 5.91 Å². The van der Waals surface area contributed by atoms with Gasteiger partial charge in [0, 0.05) is 36.1 Å². The summed E-state index contributed by atoms with van der Waals surface area (Å²) in [6.45, 7) is 2.26. The molecule has 0 bridgehead atoms. The number of carbonyl (C=O) groups excluding carboxylic acids is 2. The number of rotatable bonds is 7. The number of ether oxygens (including phenoxy) is 2. The van der Waals surface area contributed by atoms with E-state index in [-0.39, 0.29) is 12.5 Å². The molecule has 0 aromatic heterocycles. The summed E-state index contributed by atoms with van der Waals surface area (Å²) in [4.78, 5) is 27.2. The van der Waals surface area contributed by atoms with Crippen LogP contribution in [0.25, 0.3) is 0 Å². The lowest BCUT2D eigenvalue weighted by molar-refractivity contribution is -0.140. The minimum absolute atomic E-state index is 0.143. The molecule has 2 N–H and O–H groups in total. The number of thiocarbonyl (C=S) groups is 1. The second kappa shape index (κ2) is 10.6. The molecule has 0 saturated carbocycles. The molecular formula is C23H24ClN3O4S. The Hall–Kier alpha value is -2.94. The minimum Gasteiger partial charge on any atom is -0.460 e. The summed E-state index contributed by atoms with van der Waals surface area (Å²) in [6, 6.07) is 13.3. The van der Waals surface area contributed by atoms with Crippen molar-refractivity contribution in [1.82, 2.24) is 10.2 Å². The van der Waals surface area contributed by atoms with Crippen LogP contribution in [0.5, 0.6) is 0 Å². The molecule has 1 aliphatic rings. The van der Waals surface area contributed by atoms with Gasteiger partial charge in [0.1, 0.15) is 6.61 Å². The molecule has 0 aliphatic carbocycles. The Bertz CT molecular complexity index is 1060. The van der Waals surface area contributed by atoms with Gasteiger partial charge in [-0.3, -0.25) is 4.79 Å². The monoisotopic (exact) mass is 473 g/mol. The molecule has 9 heteroatoms. The summed E-state index contributed by atoms with van der Waals surface area (Å²) in [7, 11) is 3.32. The zero-order chi connectivity index (χ0) is 23.3. The maximum absolute atomic E-state index is 12.9. The first-order valence-electron chi connectivity index (χ1n) is 9.89. The lowest BCUT2D eigenvalue weighted by Crippen LogP contribution is -2.46. The molecule has 168 valence electrons. The number of hydrogen-bond donors (Lipinski definition) is 2. The highest BCUT2D eigenvalue weighted by molar-refractivity contribution is 7.80. The zero-order valence-corrected chi connectivity index (χ0v) is 19.5. The van der Waals surface area contributed by atoms with Crippen molar-refractivity contribution in [3.8, 4) is 0 Å². The SMILES string of the molecule is COCCOC(=O)C1=C(C)N(C)C(=S)NC1c1cccc(NC(=O)c2ccc(Cl)cc2)c1. The third-order valence-electron chi connectivity index (χ3n) is 5.08. The molecule has 0 spiro atoms. The number of anilines is 1. The van der Waals surface area contributed by atoms with E-state index in [2.05, 4.69) is 10.6 Å². The van der Waals surface area contributed by atoms with Gasteiger partial charge in [-0.1, -0.05) is 23.7 Å². The first-order valence-corrected chi connectivity index (χ1v) is 10.7. The minimum atomic E-state index is -0.527. The molecule has 2 aromatic carbocycles. The van der Waals surface area contributed by atoms with Gasteiger partial charge in [0.2, 0.25) is 0 Å². The topological polar surface area (TPSA) is 79.9 Å². The van der Waals surface area contributed by atoms with Gasteiger partial charge < -0.3 is 25.0 Å². The highest BCUT2D eigenvalue weighted by atomic mass is 35.5. The summed E-state index contributed by atoms with van der Waals surface area (Å²) >= 11 is 11.3. The van der Waals surface area contributed by atoms with E-state index in [0.29, 0.717) is 39.3 Å². The van der Waals surface area contributed by atoms with Crippen LogP contribution in [-0.2, 0) is 14.3 Å². The number of esters is 1. The maximum atomic E-state index is 12.9. The fourth-order valence-electron chi connectivity index (χ4n) is 3.25. The van der Waals surface area contributed by atoms with Crippen molar-refractivity contribution in [2.45, 2.75) is 13.0 Å². The lowest BCUT2D eigenvalue weighted by atomic mass is 9.95. The van der Waals surface area contributed by atoms with Crippen LogP contribution in [0.15, 0.2) is 59.8 Å². The van der Waals surface area contributed by atoms with Crippen molar-refractivity contribution >= 4 is 46.5 Å². The Morgan fingerprint density at radius 1 is 1.19 bits per heavy atom. The van der Waals surface area contributed by atoms with E-state index in [1.807, 2.05) is 13.0 Å². The lowest BCUT2D eigenvalue weighted by Gasteiger charge is -2.35. The van der Waals surface area contributed by atoms with Gasteiger partial charge in [0.05, 0.1) is 18.2 Å². The number of nitrogens with one attached hydrogen (secondary N) is 2. The van der Waals surface area contributed by atoms with Gasteiger partial charge in [-0.05, 0) is 61.1 Å². The first kappa shape index (κ1) is 23.7. The number of nitrogens with zero attached hydrogens (tertiary/aromatic N) is 1. The van der Waals surface area contributed by atoms with Crippen molar-refractivity contribution in [1.29, 1.82) is 0 Å². The molecule has 1 amide bonds. The van der Waals surface area contributed by atoms with Crippen LogP contribution in [0.4, 0.5) is 5.69 Å². The third-order valence-corrected chi connectivity index (χ3v) is 5.72. The highest BCUT2D eigenvalue weighted by Gasteiger charge is 2.33. The van der Waals surface area contributed by atoms with E-state index in [4.69, 9.17) is 33.3 Å². The Labute approximate surface area is 197 Å². The molecule has 0 fully saturated rings.